The highest BCUT2D eigenvalue weighted by atomic mass is 32.2. The van der Waals surface area contributed by atoms with Crippen molar-refractivity contribution < 1.29 is 8.42 Å². The molecular weight excluding hydrogens is 250 g/mol. The third kappa shape index (κ3) is 4.12. The molecule has 18 heavy (non-hydrogen) atoms. The van der Waals surface area contributed by atoms with Gasteiger partial charge in [-0.25, -0.2) is 17.7 Å². The third-order valence-electron chi connectivity index (χ3n) is 2.31. The molecule has 0 N–H and O–H groups in total. The second-order valence-electron chi connectivity index (χ2n) is 4.38. The minimum atomic E-state index is -3.27. The van der Waals surface area contributed by atoms with Gasteiger partial charge < -0.3 is 4.90 Å². The molecule has 0 radical (unpaired) electrons. The summed E-state index contributed by atoms with van der Waals surface area (Å²) in [5, 5.41) is 0. The van der Waals surface area contributed by atoms with Crippen LogP contribution in [-0.2, 0) is 15.8 Å². The first kappa shape index (κ1) is 14.7. The Kier molecular flexibility index (Phi) is 4.86. The van der Waals surface area contributed by atoms with Gasteiger partial charge in [-0.2, -0.15) is 0 Å². The zero-order chi connectivity index (χ0) is 13.8. The van der Waals surface area contributed by atoms with E-state index in [4.69, 9.17) is 0 Å². The van der Waals surface area contributed by atoms with Crippen LogP contribution in [0.4, 0.5) is 5.69 Å². The molecule has 0 aliphatic carbocycles. The molecule has 0 unspecified atom stereocenters. The van der Waals surface area contributed by atoms with Gasteiger partial charge in [0.2, 0.25) is 10.0 Å². The summed E-state index contributed by atoms with van der Waals surface area (Å²) in [7, 11) is 3.52. The molecule has 100 valence electrons. The van der Waals surface area contributed by atoms with Crippen molar-refractivity contribution in [1.82, 2.24) is 9.21 Å². The van der Waals surface area contributed by atoms with Crippen LogP contribution < -0.4 is 0 Å². The molecule has 0 aliphatic rings. The van der Waals surface area contributed by atoms with E-state index in [0.29, 0.717) is 11.3 Å². The Morgan fingerprint density at radius 2 is 1.78 bits per heavy atom. The van der Waals surface area contributed by atoms with Crippen LogP contribution in [-0.4, -0.2) is 52.2 Å². The van der Waals surface area contributed by atoms with E-state index in [1.807, 2.05) is 26.2 Å². The van der Waals surface area contributed by atoms with Crippen LogP contribution in [0.5, 0.6) is 0 Å². The van der Waals surface area contributed by atoms with Crippen LogP contribution in [0.15, 0.2) is 29.3 Å². The minimum absolute atomic E-state index is 0.0407. The number of hydrogen-bond donors (Lipinski definition) is 0. The van der Waals surface area contributed by atoms with Crippen LogP contribution in [0.25, 0.3) is 0 Å². The number of nitrogens with zero attached hydrogens (tertiary/aromatic N) is 3. The summed E-state index contributed by atoms with van der Waals surface area (Å²) >= 11 is 0. The predicted octanol–water partition coefficient (Wildman–Crippen LogP) is 1.30. The van der Waals surface area contributed by atoms with Gasteiger partial charge in [-0.1, -0.05) is 18.2 Å². The third-order valence-corrected chi connectivity index (χ3v) is 4.10. The van der Waals surface area contributed by atoms with Gasteiger partial charge in [0, 0.05) is 28.2 Å². The lowest BCUT2D eigenvalue weighted by molar-refractivity contribution is 0.520. The number of hydrogen-bond acceptors (Lipinski definition) is 3. The molecule has 0 fully saturated rings. The fraction of sp³-hybridized carbons (Fsp3) is 0.417. The van der Waals surface area contributed by atoms with E-state index < -0.39 is 10.0 Å². The van der Waals surface area contributed by atoms with E-state index in [-0.39, 0.29) is 5.75 Å². The van der Waals surface area contributed by atoms with Crippen LogP contribution in [0, 0.1) is 0 Å². The van der Waals surface area contributed by atoms with E-state index >= 15 is 0 Å². The summed E-state index contributed by atoms with van der Waals surface area (Å²) in [5.41, 5.74) is 1.38. The normalized spacial score (nSPS) is 12.3. The fourth-order valence-corrected chi connectivity index (χ4v) is 2.16. The van der Waals surface area contributed by atoms with Crippen molar-refractivity contribution in [2.24, 2.45) is 4.99 Å². The van der Waals surface area contributed by atoms with Gasteiger partial charge in [-0.15, -0.1) is 0 Å². The van der Waals surface area contributed by atoms with Crippen molar-refractivity contribution >= 4 is 22.0 Å². The Morgan fingerprint density at radius 3 is 2.33 bits per heavy atom. The second-order valence-corrected chi connectivity index (χ2v) is 6.56. The quantitative estimate of drug-likeness (QED) is 0.598. The Labute approximate surface area is 109 Å². The smallest absolute Gasteiger partial charge is 0.217 e. The average molecular weight is 269 g/mol. The predicted molar refractivity (Wildman–Crippen MR) is 74.6 cm³/mol. The first-order chi connectivity index (χ1) is 8.33. The number of sulfonamides is 1. The molecule has 0 amide bonds. The standard InChI is InChI=1S/C12H19N3O2S/c1-14(2)10-13-12-8-6-5-7-11(12)9-18(16,17)15(3)4/h5-8,10H,9H2,1-4H3. The molecule has 0 spiro atoms. The maximum atomic E-state index is 11.9. The van der Waals surface area contributed by atoms with Crippen molar-refractivity contribution in [3.63, 3.8) is 0 Å². The van der Waals surface area contributed by atoms with Crippen LogP contribution in [0.3, 0.4) is 0 Å². The van der Waals surface area contributed by atoms with Gasteiger partial charge >= 0.3 is 0 Å². The highest BCUT2D eigenvalue weighted by Crippen LogP contribution is 2.21. The molecule has 5 nitrogen and oxygen atoms in total. The summed E-state index contributed by atoms with van der Waals surface area (Å²) in [6.07, 6.45) is 1.65. The molecular formula is C12H19N3O2S. The fourth-order valence-electron chi connectivity index (χ4n) is 1.26. The molecule has 6 heteroatoms. The van der Waals surface area contributed by atoms with Gasteiger partial charge in [-0.3, -0.25) is 0 Å². The first-order valence-corrected chi connectivity index (χ1v) is 7.12. The molecule has 1 rings (SSSR count). The van der Waals surface area contributed by atoms with E-state index in [9.17, 15) is 8.42 Å². The van der Waals surface area contributed by atoms with Crippen molar-refractivity contribution in [3.05, 3.63) is 29.8 Å². The van der Waals surface area contributed by atoms with Crippen LogP contribution in [0.1, 0.15) is 5.56 Å². The molecule has 0 saturated carbocycles. The maximum absolute atomic E-state index is 11.9. The Hall–Kier alpha value is -1.40. The summed E-state index contributed by atoms with van der Waals surface area (Å²) in [6, 6.07) is 7.24. The van der Waals surface area contributed by atoms with E-state index in [2.05, 4.69) is 4.99 Å². The highest BCUT2D eigenvalue weighted by molar-refractivity contribution is 7.88. The van der Waals surface area contributed by atoms with Crippen molar-refractivity contribution in [2.45, 2.75) is 5.75 Å². The lowest BCUT2D eigenvalue weighted by atomic mass is 10.2. The summed E-state index contributed by atoms with van der Waals surface area (Å²) < 4.78 is 24.9. The van der Waals surface area contributed by atoms with Crippen molar-refractivity contribution in [2.75, 3.05) is 28.2 Å². The van der Waals surface area contributed by atoms with Crippen molar-refractivity contribution in [3.8, 4) is 0 Å². The summed E-state index contributed by atoms with van der Waals surface area (Å²) in [4.78, 5) is 6.07. The van der Waals surface area contributed by atoms with Crippen LogP contribution >= 0.6 is 0 Å². The molecule has 0 aliphatic heterocycles. The van der Waals surface area contributed by atoms with Gasteiger partial charge in [0.1, 0.15) is 0 Å². The molecule has 0 bridgehead atoms. The van der Waals surface area contributed by atoms with Gasteiger partial charge in [-0.05, 0) is 11.6 Å². The van der Waals surface area contributed by atoms with Crippen molar-refractivity contribution in [1.29, 1.82) is 0 Å². The zero-order valence-corrected chi connectivity index (χ0v) is 12.0. The van der Waals surface area contributed by atoms with Gasteiger partial charge in [0.05, 0.1) is 17.8 Å². The van der Waals surface area contributed by atoms with Gasteiger partial charge in [0.15, 0.2) is 0 Å². The molecule has 0 aromatic heterocycles. The monoisotopic (exact) mass is 269 g/mol. The summed E-state index contributed by atoms with van der Waals surface area (Å²) in [5.74, 6) is -0.0407. The molecule has 0 atom stereocenters. The Bertz CT molecular complexity index is 522. The Morgan fingerprint density at radius 1 is 1.17 bits per heavy atom. The van der Waals surface area contributed by atoms with Gasteiger partial charge in [0.25, 0.3) is 0 Å². The molecule has 1 aromatic carbocycles. The zero-order valence-electron chi connectivity index (χ0n) is 11.2. The lowest BCUT2D eigenvalue weighted by Gasteiger charge is -2.12. The molecule has 1 aromatic rings. The minimum Gasteiger partial charge on any atom is -0.369 e. The molecule has 0 saturated heterocycles. The topological polar surface area (TPSA) is 53.0 Å². The summed E-state index contributed by atoms with van der Waals surface area (Å²) in [6.45, 7) is 0. The van der Waals surface area contributed by atoms with Crippen LogP contribution in [0.2, 0.25) is 0 Å². The number of aliphatic imine (C=N–C) groups is 1. The molecule has 0 heterocycles. The van der Waals surface area contributed by atoms with E-state index in [1.54, 1.807) is 23.4 Å². The Balaban J connectivity index is 3.04. The highest BCUT2D eigenvalue weighted by Gasteiger charge is 2.16. The van der Waals surface area contributed by atoms with E-state index in [1.165, 1.54) is 18.4 Å². The lowest BCUT2D eigenvalue weighted by Crippen LogP contribution is -2.23. The SMILES string of the molecule is CN(C)C=Nc1ccccc1CS(=O)(=O)N(C)C. The maximum Gasteiger partial charge on any atom is 0.217 e. The largest absolute Gasteiger partial charge is 0.369 e. The van der Waals surface area contributed by atoms with E-state index in [0.717, 1.165) is 0 Å². The second kappa shape index (κ2) is 5.97. The number of para-hydroxylation sites is 1. The average Bonchev–Trinajstić information content (AvgIpc) is 2.27. The first-order valence-electron chi connectivity index (χ1n) is 5.51. The number of rotatable bonds is 5. The number of benzene rings is 1.